The second-order valence-electron chi connectivity index (χ2n) is 3.97. The monoisotopic (exact) mass is 233 g/mol. The third-order valence-corrected chi connectivity index (χ3v) is 2.62. The molecule has 0 fully saturated rings. The number of aromatic nitrogens is 1. The minimum absolute atomic E-state index is 0.135. The molecule has 5 heteroatoms. The molecule has 2 rings (SSSR count). The summed E-state index contributed by atoms with van der Waals surface area (Å²) >= 11 is 0. The first-order chi connectivity index (χ1) is 8.11. The fourth-order valence-electron chi connectivity index (χ4n) is 1.88. The van der Waals surface area contributed by atoms with E-state index in [1.165, 1.54) is 6.92 Å². The number of fused-ring (bicyclic) bond motifs is 1. The second kappa shape index (κ2) is 4.57. The summed E-state index contributed by atoms with van der Waals surface area (Å²) in [6.45, 7) is 1.31. The summed E-state index contributed by atoms with van der Waals surface area (Å²) in [6.07, 6.45) is 1.80. The van der Waals surface area contributed by atoms with Crippen molar-refractivity contribution in [3.63, 3.8) is 0 Å². The molecule has 2 aromatic rings. The van der Waals surface area contributed by atoms with E-state index in [0.29, 0.717) is 5.69 Å². The van der Waals surface area contributed by atoms with Gasteiger partial charge in [0.05, 0.1) is 12.6 Å². The van der Waals surface area contributed by atoms with Gasteiger partial charge in [-0.1, -0.05) is 0 Å². The molecule has 1 amide bonds. The maximum Gasteiger partial charge on any atom is 0.221 e. The molecule has 5 nitrogen and oxygen atoms in total. The van der Waals surface area contributed by atoms with E-state index < -0.39 is 6.04 Å². The normalized spacial score (nSPS) is 12.6. The zero-order valence-corrected chi connectivity index (χ0v) is 9.53. The standard InChI is InChI=1S/C12H15N3O2/c1-7(17)15-8-4-10(11(13)6-16)9-2-3-14-12(9)5-8/h2-5,11,14,16H,6,13H2,1H3,(H,15,17). The summed E-state index contributed by atoms with van der Waals surface area (Å²) in [5.74, 6) is -0.139. The van der Waals surface area contributed by atoms with Gasteiger partial charge in [-0.25, -0.2) is 0 Å². The minimum atomic E-state index is -0.456. The fraction of sp³-hybridized carbons (Fsp3) is 0.250. The van der Waals surface area contributed by atoms with Crippen LogP contribution >= 0.6 is 0 Å². The fourth-order valence-corrected chi connectivity index (χ4v) is 1.88. The van der Waals surface area contributed by atoms with Gasteiger partial charge in [0.15, 0.2) is 0 Å². The summed E-state index contributed by atoms with van der Waals surface area (Å²) < 4.78 is 0. The van der Waals surface area contributed by atoms with Gasteiger partial charge < -0.3 is 21.1 Å². The zero-order valence-electron chi connectivity index (χ0n) is 9.53. The molecule has 0 aliphatic carbocycles. The molecule has 0 saturated carbocycles. The van der Waals surface area contributed by atoms with E-state index in [1.54, 1.807) is 12.3 Å². The number of aromatic amines is 1. The molecule has 0 radical (unpaired) electrons. The molecular formula is C12H15N3O2. The predicted molar refractivity (Wildman–Crippen MR) is 66.6 cm³/mol. The zero-order chi connectivity index (χ0) is 12.4. The summed E-state index contributed by atoms with van der Waals surface area (Å²) in [4.78, 5) is 14.1. The Balaban J connectivity index is 2.54. The smallest absolute Gasteiger partial charge is 0.221 e. The lowest BCUT2D eigenvalue weighted by Gasteiger charge is -2.12. The number of aliphatic hydroxyl groups is 1. The molecule has 1 unspecified atom stereocenters. The lowest BCUT2D eigenvalue weighted by molar-refractivity contribution is -0.114. The summed E-state index contributed by atoms with van der Waals surface area (Å²) in [5, 5.41) is 12.8. The predicted octanol–water partition coefficient (Wildman–Crippen LogP) is 1.12. The molecule has 1 aromatic heterocycles. The maximum atomic E-state index is 11.0. The number of nitrogens with two attached hydrogens (primary N) is 1. The Kier molecular flexibility index (Phi) is 3.12. The van der Waals surface area contributed by atoms with Crippen molar-refractivity contribution in [3.05, 3.63) is 30.0 Å². The highest BCUT2D eigenvalue weighted by molar-refractivity contribution is 5.93. The van der Waals surface area contributed by atoms with E-state index in [2.05, 4.69) is 10.3 Å². The highest BCUT2D eigenvalue weighted by Crippen LogP contribution is 2.26. The van der Waals surface area contributed by atoms with Crippen LogP contribution in [0.1, 0.15) is 18.5 Å². The van der Waals surface area contributed by atoms with Gasteiger partial charge in [0.1, 0.15) is 0 Å². The molecule has 90 valence electrons. The van der Waals surface area contributed by atoms with Crippen molar-refractivity contribution in [3.8, 4) is 0 Å². The number of carbonyl (C=O) groups is 1. The summed E-state index contributed by atoms with van der Waals surface area (Å²) in [7, 11) is 0. The van der Waals surface area contributed by atoms with Gasteiger partial charge >= 0.3 is 0 Å². The van der Waals surface area contributed by atoms with Crippen LogP contribution in [0.2, 0.25) is 0 Å². The Labute approximate surface area is 98.6 Å². The lowest BCUT2D eigenvalue weighted by atomic mass is 10.0. The van der Waals surface area contributed by atoms with E-state index in [0.717, 1.165) is 16.5 Å². The number of carbonyl (C=O) groups excluding carboxylic acids is 1. The number of rotatable bonds is 3. The Morgan fingerprint density at radius 1 is 1.59 bits per heavy atom. The van der Waals surface area contributed by atoms with Crippen LogP contribution < -0.4 is 11.1 Å². The van der Waals surface area contributed by atoms with Gasteiger partial charge in [-0.05, 0) is 23.8 Å². The van der Waals surface area contributed by atoms with Gasteiger partial charge in [0.25, 0.3) is 0 Å². The van der Waals surface area contributed by atoms with Crippen LogP contribution in [-0.2, 0) is 4.79 Å². The molecule has 1 heterocycles. The first-order valence-electron chi connectivity index (χ1n) is 5.37. The Morgan fingerprint density at radius 3 is 3.00 bits per heavy atom. The third kappa shape index (κ3) is 2.30. The highest BCUT2D eigenvalue weighted by atomic mass is 16.3. The van der Waals surface area contributed by atoms with Crippen LogP contribution in [0.3, 0.4) is 0 Å². The Hall–Kier alpha value is -1.85. The number of hydrogen-bond donors (Lipinski definition) is 4. The Bertz CT molecular complexity index is 548. The molecule has 0 saturated heterocycles. The Morgan fingerprint density at radius 2 is 2.35 bits per heavy atom. The lowest BCUT2D eigenvalue weighted by Crippen LogP contribution is -2.15. The van der Waals surface area contributed by atoms with E-state index in [9.17, 15) is 4.79 Å². The molecule has 0 spiro atoms. The first-order valence-corrected chi connectivity index (χ1v) is 5.37. The number of benzene rings is 1. The van der Waals surface area contributed by atoms with Crippen LogP contribution in [0.4, 0.5) is 5.69 Å². The van der Waals surface area contributed by atoms with E-state index in [1.807, 2.05) is 12.1 Å². The molecule has 1 atom stereocenters. The van der Waals surface area contributed by atoms with Crippen molar-refractivity contribution in [1.82, 2.24) is 4.98 Å². The van der Waals surface area contributed by atoms with Gasteiger partial charge in [-0.15, -0.1) is 0 Å². The van der Waals surface area contributed by atoms with Crippen LogP contribution in [0.25, 0.3) is 10.9 Å². The quantitative estimate of drug-likeness (QED) is 0.640. The van der Waals surface area contributed by atoms with E-state index in [-0.39, 0.29) is 12.5 Å². The second-order valence-corrected chi connectivity index (χ2v) is 3.97. The maximum absolute atomic E-state index is 11.0. The average Bonchev–Trinajstić information content (AvgIpc) is 2.74. The van der Waals surface area contributed by atoms with Crippen molar-refractivity contribution < 1.29 is 9.90 Å². The van der Waals surface area contributed by atoms with Crippen LogP contribution in [0.15, 0.2) is 24.4 Å². The number of nitrogens with one attached hydrogen (secondary N) is 2. The van der Waals surface area contributed by atoms with Gasteiger partial charge in [-0.3, -0.25) is 4.79 Å². The van der Waals surface area contributed by atoms with Crippen molar-refractivity contribution in [2.75, 3.05) is 11.9 Å². The SMILES string of the molecule is CC(=O)Nc1cc(C(N)CO)c2cc[nH]c2c1. The third-order valence-electron chi connectivity index (χ3n) is 2.62. The molecule has 5 N–H and O–H groups in total. The van der Waals surface area contributed by atoms with Gasteiger partial charge in [-0.2, -0.15) is 0 Å². The van der Waals surface area contributed by atoms with Crippen LogP contribution in [0.5, 0.6) is 0 Å². The molecule has 0 aliphatic heterocycles. The number of amides is 1. The topological polar surface area (TPSA) is 91.1 Å². The first kappa shape index (κ1) is 11.6. The molecular weight excluding hydrogens is 218 g/mol. The van der Waals surface area contributed by atoms with Crippen molar-refractivity contribution in [1.29, 1.82) is 0 Å². The number of hydrogen-bond acceptors (Lipinski definition) is 3. The molecule has 17 heavy (non-hydrogen) atoms. The number of aliphatic hydroxyl groups excluding tert-OH is 1. The average molecular weight is 233 g/mol. The molecule has 0 aliphatic rings. The van der Waals surface area contributed by atoms with E-state index >= 15 is 0 Å². The number of H-pyrrole nitrogens is 1. The minimum Gasteiger partial charge on any atom is -0.394 e. The van der Waals surface area contributed by atoms with Crippen molar-refractivity contribution >= 4 is 22.5 Å². The molecule has 1 aromatic carbocycles. The summed E-state index contributed by atoms with van der Waals surface area (Å²) in [5.41, 5.74) is 8.21. The highest BCUT2D eigenvalue weighted by Gasteiger charge is 2.11. The number of anilines is 1. The molecule has 0 bridgehead atoms. The van der Waals surface area contributed by atoms with Crippen molar-refractivity contribution in [2.45, 2.75) is 13.0 Å². The van der Waals surface area contributed by atoms with E-state index in [4.69, 9.17) is 10.8 Å². The van der Waals surface area contributed by atoms with Gasteiger partial charge in [0, 0.05) is 29.7 Å². The van der Waals surface area contributed by atoms with Gasteiger partial charge in [0.2, 0.25) is 5.91 Å². The van der Waals surface area contributed by atoms with Crippen LogP contribution in [-0.4, -0.2) is 22.6 Å². The van der Waals surface area contributed by atoms with Crippen molar-refractivity contribution in [2.24, 2.45) is 5.73 Å². The summed E-state index contributed by atoms with van der Waals surface area (Å²) in [6, 6.07) is 5.07. The van der Waals surface area contributed by atoms with Crippen LogP contribution in [0, 0.1) is 0 Å². The largest absolute Gasteiger partial charge is 0.394 e.